The molecule has 186 valence electrons. The van der Waals surface area contributed by atoms with Crippen molar-refractivity contribution in [3.05, 3.63) is 113 Å². The van der Waals surface area contributed by atoms with Gasteiger partial charge in [-0.3, -0.25) is 0 Å². The van der Waals surface area contributed by atoms with Crippen LogP contribution in [-0.2, 0) is 6.11 Å². The van der Waals surface area contributed by atoms with E-state index >= 15 is 0 Å². The Labute approximate surface area is 198 Å². The third kappa shape index (κ3) is 4.75. The molecule has 0 bridgehead atoms. The molecular formula is C26H13F9O. The smallest absolute Gasteiger partial charge is 0.429 e. The molecule has 0 saturated heterocycles. The average Bonchev–Trinajstić information content (AvgIpc) is 2.76. The lowest BCUT2D eigenvalue weighted by molar-refractivity contribution is -0.187. The van der Waals surface area contributed by atoms with Gasteiger partial charge in [0.25, 0.3) is 0 Å². The summed E-state index contributed by atoms with van der Waals surface area (Å²) in [6.07, 6.45) is -4.50. The second-order valence-electron chi connectivity index (χ2n) is 7.81. The maximum absolute atomic E-state index is 14.8. The summed E-state index contributed by atoms with van der Waals surface area (Å²) < 4.78 is 131. The molecule has 0 N–H and O–H groups in total. The van der Waals surface area contributed by atoms with Crippen molar-refractivity contribution in [3.8, 4) is 28.0 Å². The van der Waals surface area contributed by atoms with Gasteiger partial charge in [-0.2, -0.15) is 8.78 Å². The second-order valence-corrected chi connectivity index (χ2v) is 7.81. The summed E-state index contributed by atoms with van der Waals surface area (Å²) in [5, 5.41) is 0. The van der Waals surface area contributed by atoms with E-state index in [0.29, 0.717) is 17.7 Å². The van der Waals surface area contributed by atoms with Crippen LogP contribution < -0.4 is 4.74 Å². The van der Waals surface area contributed by atoms with Crippen LogP contribution in [0.2, 0.25) is 0 Å². The minimum atomic E-state index is -4.50. The zero-order valence-electron chi connectivity index (χ0n) is 18.1. The van der Waals surface area contributed by atoms with E-state index in [1.54, 1.807) is 6.92 Å². The maximum atomic E-state index is 14.8. The molecule has 0 saturated carbocycles. The van der Waals surface area contributed by atoms with Gasteiger partial charge in [0.05, 0.1) is 11.1 Å². The van der Waals surface area contributed by atoms with Crippen LogP contribution in [-0.4, -0.2) is 0 Å². The quantitative estimate of drug-likeness (QED) is 0.193. The van der Waals surface area contributed by atoms with E-state index in [2.05, 4.69) is 4.74 Å². The molecule has 36 heavy (non-hydrogen) atoms. The van der Waals surface area contributed by atoms with Gasteiger partial charge in [-0.1, -0.05) is 18.2 Å². The van der Waals surface area contributed by atoms with E-state index in [1.165, 1.54) is 18.2 Å². The molecule has 0 aliphatic rings. The van der Waals surface area contributed by atoms with E-state index in [1.807, 2.05) is 0 Å². The highest BCUT2D eigenvalue weighted by Crippen LogP contribution is 2.37. The molecule has 1 nitrogen and oxygen atoms in total. The van der Waals surface area contributed by atoms with Gasteiger partial charge in [0, 0.05) is 17.7 Å². The molecule has 0 unspecified atom stereocenters. The van der Waals surface area contributed by atoms with Crippen molar-refractivity contribution in [2.24, 2.45) is 0 Å². The first kappa shape index (κ1) is 25.2. The number of halogens is 9. The highest BCUT2D eigenvalue weighted by Gasteiger charge is 2.38. The molecule has 4 aromatic carbocycles. The molecule has 0 fully saturated rings. The predicted molar refractivity (Wildman–Crippen MR) is 113 cm³/mol. The van der Waals surface area contributed by atoms with Gasteiger partial charge < -0.3 is 4.74 Å². The molecule has 0 aromatic heterocycles. The number of rotatable bonds is 5. The fraction of sp³-hybridized carbons (Fsp3) is 0.0769. The van der Waals surface area contributed by atoms with Gasteiger partial charge in [-0.15, -0.1) is 0 Å². The van der Waals surface area contributed by atoms with E-state index in [9.17, 15) is 39.5 Å². The third-order valence-corrected chi connectivity index (χ3v) is 5.25. The molecule has 0 spiro atoms. The second kappa shape index (κ2) is 9.25. The highest BCUT2D eigenvalue weighted by atomic mass is 19.3. The molecule has 0 radical (unpaired) electrons. The van der Waals surface area contributed by atoms with Crippen molar-refractivity contribution in [2.75, 3.05) is 0 Å². The van der Waals surface area contributed by atoms with E-state index in [0.717, 1.165) is 18.2 Å². The molecule has 0 aliphatic heterocycles. The maximum Gasteiger partial charge on any atom is 0.429 e. The SMILES string of the molecule is Cc1ccc(-c2cc(F)c(-c3ccc(C(F)(F)Oc4cc(F)c(F)c(F)c4)c(F)c3)c(F)c2)c(F)c1. The number of hydrogen-bond acceptors (Lipinski definition) is 1. The first-order valence-corrected chi connectivity index (χ1v) is 10.1. The van der Waals surface area contributed by atoms with Crippen molar-refractivity contribution in [1.82, 2.24) is 0 Å². The van der Waals surface area contributed by atoms with E-state index < -0.39 is 69.3 Å². The van der Waals surface area contributed by atoms with Crippen LogP contribution in [0.4, 0.5) is 39.5 Å². The fourth-order valence-corrected chi connectivity index (χ4v) is 3.56. The Balaban J connectivity index is 1.68. The fourth-order valence-electron chi connectivity index (χ4n) is 3.56. The molecule has 0 amide bonds. The summed E-state index contributed by atoms with van der Waals surface area (Å²) in [6.45, 7) is 1.63. The first-order valence-electron chi connectivity index (χ1n) is 10.1. The largest absolute Gasteiger partial charge is 0.429 e. The standard InChI is InChI=1S/C26H13F9O/c1-12-2-4-16(18(27)6-12)14-8-20(29)24(21(30)9-14)13-3-5-17(19(28)7-13)26(34,35)36-15-10-22(31)25(33)23(32)11-15/h2-11H,1H3. The normalized spacial score (nSPS) is 11.6. The zero-order chi connectivity index (χ0) is 26.4. The summed E-state index contributed by atoms with van der Waals surface area (Å²) in [5.74, 6) is -11.5. The van der Waals surface area contributed by atoms with Gasteiger partial charge in [0.2, 0.25) is 0 Å². The van der Waals surface area contributed by atoms with Crippen LogP contribution >= 0.6 is 0 Å². The van der Waals surface area contributed by atoms with Crippen LogP contribution in [0.15, 0.2) is 60.7 Å². The Hall–Kier alpha value is -3.95. The number of alkyl halides is 2. The van der Waals surface area contributed by atoms with Crippen LogP contribution in [0, 0.1) is 47.6 Å². The number of ether oxygens (including phenoxy) is 1. The van der Waals surface area contributed by atoms with E-state index in [-0.39, 0.29) is 23.3 Å². The van der Waals surface area contributed by atoms with Crippen LogP contribution in [0.1, 0.15) is 11.1 Å². The van der Waals surface area contributed by atoms with Gasteiger partial charge in [-0.25, -0.2) is 30.7 Å². The monoisotopic (exact) mass is 512 g/mol. The Kier molecular flexibility index (Phi) is 6.46. The summed E-state index contributed by atoms with van der Waals surface area (Å²) in [4.78, 5) is 0. The van der Waals surface area contributed by atoms with Gasteiger partial charge in [-0.05, 0) is 53.9 Å². The Morgan fingerprint density at radius 3 is 1.72 bits per heavy atom. The minimum Gasteiger partial charge on any atom is -0.429 e. The molecular weight excluding hydrogens is 499 g/mol. The van der Waals surface area contributed by atoms with Gasteiger partial charge in [0.15, 0.2) is 17.5 Å². The average molecular weight is 512 g/mol. The van der Waals surface area contributed by atoms with Crippen molar-refractivity contribution in [2.45, 2.75) is 13.0 Å². The predicted octanol–water partition coefficient (Wildman–Crippen LogP) is 8.43. The van der Waals surface area contributed by atoms with Crippen molar-refractivity contribution in [1.29, 1.82) is 0 Å². The third-order valence-electron chi connectivity index (χ3n) is 5.25. The molecule has 4 rings (SSSR count). The van der Waals surface area contributed by atoms with Crippen molar-refractivity contribution >= 4 is 0 Å². The van der Waals surface area contributed by atoms with Crippen LogP contribution in [0.3, 0.4) is 0 Å². The van der Waals surface area contributed by atoms with Crippen molar-refractivity contribution < 1.29 is 44.3 Å². The van der Waals surface area contributed by atoms with Crippen LogP contribution in [0.5, 0.6) is 5.75 Å². The molecule has 0 aliphatic carbocycles. The molecule has 0 heterocycles. The molecule has 4 aromatic rings. The van der Waals surface area contributed by atoms with Crippen molar-refractivity contribution in [3.63, 3.8) is 0 Å². The lowest BCUT2D eigenvalue weighted by atomic mass is 9.97. The number of benzene rings is 4. The lowest BCUT2D eigenvalue weighted by Crippen LogP contribution is -2.23. The van der Waals surface area contributed by atoms with Gasteiger partial charge >= 0.3 is 6.11 Å². The summed E-state index contributed by atoms with van der Waals surface area (Å²) in [7, 11) is 0. The topological polar surface area (TPSA) is 9.23 Å². The van der Waals surface area contributed by atoms with Crippen LogP contribution in [0.25, 0.3) is 22.3 Å². The lowest BCUT2D eigenvalue weighted by Gasteiger charge is -2.19. The summed E-state index contributed by atoms with van der Waals surface area (Å²) >= 11 is 0. The zero-order valence-corrected chi connectivity index (χ0v) is 18.1. The number of aryl methyl sites for hydroxylation is 1. The molecule has 0 atom stereocenters. The first-order chi connectivity index (χ1) is 16.9. The molecule has 10 heteroatoms. The Bertz CT molecular complexity index is 1430. The number of hydrogen-bond donors (Lipinski definition) is 0. The summed E-state index contributed by atoms with van der Waals surface area (Å²) in [6, 6.07) is 7.59. The Morgan fingerprint density at radius 2 is 1.17 bits per heavy atom. The Morgan fingerprint density at radius 1 is 0.583 bits per heavy atom. The summed E-state index contributed by atoms with van der Waals surface area (Å²) in [5.41, 5.74) is -2.28. The van der Waals surface area contributed by atoms with Gasteiger partial charge in [0.1, 0.15) is 29.0 Å². The highest BCUT2D eigenvalue weighted by molar-refractivity contribution is 5.72. The van der Waals surface area contributed by atoms with E-state index in [4.69, 9.17) is 0 Å². The minimum absolute atomic E-state index is 0.0862.